The maximum atomic E-state index is 5.82. The first-order valence-corrected chi connectivity index (χ1v) is 8.18. The molecule has 2 heterocycles. The first kappa shape index (κ1) is 15.3. The van der Waals surface area contributed by atoms with E-state index in [1.165, 1.54) is 38.8 Å². The molecule has 2 aliphatic rings. The van der Waals surface area contributed by atoms with Crippen LogP contribution in [0.3, 0.4) is 0 Å². The Kier molecular flexibility index (Phi) is 5.67. The molecule has 0 aliphatic carbocycles. The highest BCUT2D eigenvalue weighted by Crippen LogP contribution is 2.33. The second-order valence-electron chi connectivity index (χ2n) is 6.95. The molecule has 19 heavy (non-hydrogen) atoms. The van der Waals surface area contributed by atoms with E-state index in [-0.39, 0.29) is 0 Å². The Morgan fingerprint density at radius 3 is 2.79 bits per heavy atom. The van der Waals surface area contributed by atoms with E-state index in [1.807, 2.05) is 0 Å². The summed E-state index contributed by atoms with van der Waals surface area (Å²) < 4.78 is 5.82. The molecule has 2 rings (SSSR count). The van der Waals surface area contributed by atoms with Crippen LogP contribution in [0.4, 0.5) is 0 Å². The third kappa shape index (κ3) is 4.17. The molecular weight excluding hydrogens is 236 g/mol. The molecule has 2 saturated heterocycles. The Morgan fingerprint density at radius 2 is 2.21 bits per heavy atom. The topological polar surface area (TPSA) is 24.5 Å². The summed E-state index contributed by atoms with van der Waals surface area (Å²) in [6.45, 7) is 13.7. The Balaban J connectivity index is 1.92. The van der Waals surface area contributed by atoms with Crippen LogP contribution in [0.1, 0.15) is 46.5 Å². The molecule has 0 saturated carbocycles. The van der Waals surface area contributed by atoms with Gasteiger partial charge >= 0.3 is 0 Å². The minimum absolute atomic E-state index is 0.353. The standard InChI is InChI=1S/C16H32N2O/c1-4-7-17-11-16(6-5-8-19-13-16)12-18-10-14(2)9-15(18)3/h14-15,17H,4-13H2,1-3H3. The van der Waals surface area contributed by atoms with E-state index in [2.05, 4.69) is 31.0 Å². The van der Waals surface area contributed by atoms with Gasteiger partial charge in [0.1, 0.15) is 0 Å². The van der Waals surface area contributed by atoms with E-state index in [1.54, 1.807) is 0 Å². The summed E-state index contributed by atoms with van der Waals surface area (Å²) in [5.74, 6) is 0.861. The fourth-order valence-electron chi connectivity index (χ4n) is 3.80. The van der Waals surface area contributed by atoms with Gasteiger partial charge in [-0.05, 0) is 45.1 Å². The van der Waals surface area contributed by atoms with Crippen LogP contribution in [0.15, 0.2) is 0 Å². The highest BCUT2D eigenvalue weighted by molar-refractivity contribution is 4.91. The molecule has 112 valence electrons. The van der Waals surface area contributed by atoms with Gasteiger partial charge in [-0.15, -0.1) is 0 Å². The minimum Gasteiger partial charge on any atom is -0.381 e. The van der Waals surface area contributed by atoms with Crippen LogP contribution in [0, 0.1) is 11.3 Å². The number of nitrogens with one attached hydrogen (secondary N) is 1. The van der Waals surface area contributed by atoms with E-state index in [4.69, 9.17) is 4.74 Å². The van der Waals surface area contributed by atoms with Gasteiger partial charge in [-0.1, -0.05) is 13.8 Å². The number of hydrogen-bond donors (Lipinski definition) is 1. The SMILES string of the molecule is CCCNCC1(CN2CC(C)CC2C)CCCOC1. The molecule has 0 spiro atoms. The van der Waals surface area contributed by atoms with Crippen molar-refractivity contribution in [2.24, 2.45) is 11.3 Å². The molecule has 0 amide bonds. The summed E-state index contributed by atoms with van der Waals surface area (Å²) in [5.41, 5.74) is 0.353. The van der Waals surface area contributed by atoms with Gasteiger partial charge in [-0.3, -0.25) is 4.90 Å². The molecule has 1 N–H and O–H groups in total. The molecule has 0 bridgehead atoms. The first-order valence-electron chi connectivity index (χ1n) is 8.18. The van der Waals surface area contributed by atoms with Crippen molar-refractivity contribution < 1.29 is 4.74 Å². The molecular formula is C16H32N2O. The van der Waals surface area contributed by atoms with Crippen molar-refractivity contribution in [3.63, 3.8) is 0 Å². The minimum atomic E-state index is 0.353. The summed E-state index contributed by atoms with van der Waals surface area (Å²) in [5, 5.41) is 3.64. The lowest BCUT2D eigenvalue weighted by Gasteiger charge is -2.41. The molecule has 3 nitrogen and oxygen atoms in total. The average molecular weight is 268 g/mol. The van der Waals surface area contributed by atoms with Crippen molar-refractivity contribution in [2.75, 3.05) is 39.4 Å². The van der Waals surface area contributed by atoms with Crippen molar-refractivity contribution in [3.05, 3.63) is 0 Å². The second-order valence-corrected chi connectivity index (χ2v) is 6.95. The van der Waals surface area contributed by atoms with Gasteiger partial charge < -0.3 is 10.1 Å². The van der Waals surface area contributed by atoms with Gasteiger partial charge in [0.2, 0.25) is 0 Å². The van der Waals surface area contributed by atoms with Crippen LogP contribution in [0.5, 0.6) is 0 Å². The summed E-state index contributed by atoms with van der Waals surface area (Å²) in [4.78, 5) is 2.70. The monoisotopic (exact) mass is 268 g/mol. The quantitative estimate of drug-likeness (QED) is 0.749. The Bertz CT molecular complexity index is 263. The van der Waals surface area contributed by atoms with Crippen molar-refractivity contribution >= 4 is 0 Å². The number of hydrogen-bond acceptors (Lipinski definition) is 3. The smallest absolute Gasteiger partial charge is 0.0546 e. The van der Waals surface area contributed by atoms with Gasteiger partial charge in [0.15, 0.2) is 0 Å². The lowest BCUT2D eigenvalue weighted by Crippen LogP contribution is -2.49. The summed E-state index contributed by atoms with van der Waals surface area (Å²) in [7, 11) is 0. The van der Waals surface area contributed by atoms with E-state index >= 15 is 0 Å². The second kappa shape index (κ2) is 7.05. The predicted molar refractivity (Wildman–Crippen MR) is 80.5 cm³/mol. The van der Waals surface area contributed by atoms with E-state index < -0.39 is 0 Å². The van der Waals surface area contributed by atoms with Gasteiger partial charge in [0, 0.05) is 37.7 Å². The maximum absolute atomic E-state index is 5.82. The zero-order valence-electron chi connectivity index (χ0n) is 13.1. The molecule has 2 fully saturated rings. The molecule has 0 aromatic rings. The number of likely N-dealkylation sites (tertiary alicyclic amines) is 1. The number of rotatable bonds is 6. The Hall–Kier alpha value is -0.120. The van der Waals surface area contributed by atoms with Gasteiger partial charge in [0.05, 0.1) is 6.61 Å². The maximum Gasteiger partial charge on any atom is 0.0546 e. The van der Waals surface area contributed by atoms with E-state index in [0.717, 1.165) is 38.3 Å². The number of nitrogens with zero attached hydrogens (tertiary/aromatic N) is 1. The highest BCUT2D eigenvalue weighted by atomic mass is 16.5. The highest BCUT2D eigenvalue weighted by Gasteiger charge is 2.38. The summed E-state index contributed by atoms with van der Waals surface area (Å²) in [6, 6.07) is 0.750. The molecule has 3 atom stereocenters. The third-order valence-electron chi connectivity index (χ3n) is 4.78. The molecule has 2 aliphatic heterocycles. The summed E-state index contributed by atoms with van der Waals surface area (Å²) >= 11 is 0. The normalized spacial score (nSPS) is 36.8. The van der Waals surface area contributed by atoms with Crippen molar-refractivity contribution in [3.8, 4) is 0 Å². The van der Waals surface area contributed by atoms with Crippen LogP contribution >= 0.6 is 0 Å². The van der Waals surface area contributed by atoms with Crippen LogP contribution in [0.25, 0.3) is 0 Å². The largest absolute Gasteiger partial charge is 0.381 e. The Morgan fingerprint density at radius 1 is 1.37 bits per heavy atom. The molecule has 0 aromatic heterocycles. The molecule has 0 aromatic carbocycles. The fraction of sp³-hybridized carbons (Fsp3) is 1.00. The average Bonchev–Trinajstić information content (AvgIpc) is 2.69. The van der Waals surface area contributed by atoms with Crippen molar-refractivity contribution in [1.82, 2.24) is 10.2 Å². The van der Waals surface area contributed by atoms with Crippen LogP contribution < -0.4 is 5.32 Å². The Labute approximate surface area is 119 Å². The van der Waals surface area contributed by atoms with E-state index in [9.17, 15) is 0 Å². The first-order chi connectivity index (χ1) is 9.15. The third-order valence-corrected chi connectivity index (χ3v) is 4.78. The van der Waals surface area contributed by atoms with E-state index in [0.29, 0.717) is 5.41 Å². The zero-order valence-corrected chi connectivity index (χ0v) is 13.1. The summed E-state index contributed by atoms with van der Waals surface area (Å²) in [6.07, 6.45) is 5.13. The lowest BCUT2D eigenvalue weighted by atomic mass is 9.81. The molecule has 3 unspecified atom stereocenters. The zero-order chi connectivity index (χ0) is 13.7. The molecule has 3 heteroatoms. The van der Waals surface area contributed by atoms with Crippen molar-refractivity contribution in [2.45, 2.75) is 52.5 Å². The van der Waals surface area contributed by atoms with Gasteiger partial charge in [0.25, 0.3) is 0 Å². The molecule has 0 radical (unpaired) electrons. The van der Waals surface area contributed by atoms with Crippen LogP contribution in [-0.2, 0) is 4.74 Å². The lowest BCUT2D eigenvalue weighted by molar-refractivity contribution is -0.0274. The number of ether oxygens (including phenoxy) is 1. The predicted octanol–water partition coefficient (Wildman–Crippen LogP) is 2.51. The van der Waals surface area contributed by atoms with Gasteiger partial charge in [-0.25, -0.2) is 0 Å². The van der Waals surface area contributed by atoms with Crippen molar-refractivity contribution in [1.29, 1.82) is 0 Å². The fourth-order valence-corrected chi connectivity index (χ4v) is 3.80. The van der Waals surface area contributed by atoms with Gasteiger partial charge in [-0.2, -0.15) is 0 Å². The van der Waals surface area contributed by atoms with Crippen LogP contribution in [0.2, 0.25) is 0 Å². The van der Waals surface area contributed by atoms with Crippen LogP contribution in [-0.4, -0.2) is 50.3 Å².